The molecular weight excluding hydrogens is 396 g/mol. The van der Waals surface area contributed by atoms with Crippen LogP contribution in [0.5, 0.6) is 5.75 Å². The highest BCUT2D eigenvalue weighted by molar-refractivity contribution is 6.30. The number of nitrogens with two attached hydrogens (primary N) is 1. The van der Waals surface area contributed by atoms with E-state index in [-0.39, 0.29) is 12.1 Å². The van der Waals surface area contributed by atoms with Gasteiger partial charge in [0.05, 0.1) is 11.7 Å². The van der Waals surface area contributed by atoms with Crippen LogP contribution in [0.25, 0.3) is 11.3 Å². The van der Waals surface area contributed by atoms with Gasteiger partial charge in [0.15, 0.2) is 0 Å². The van der Waals surface area contributed by atoms with E-state index in [1.165, 1.54) is 11.1 Å². The van der Waals surface area contributed by atoms with Crippen molar-refractivity contribution in [3.63, 3.8) is 0 Å². The summed E-state index contributed by atoms with van der Waals surface area (Å²) in [5.41, 5.74) is 10.7. The third-order valence-electron chi connectivity index (χ3n) is 6.35. The van der Waals surface area contributed by atoms with E-state index >= 15 is 0 Å². The molecule has 1 aliphatic heterocycles. The van der Waals surface area contributed by atoms with Gasteiger partial charge >= 0.3 is 0 Å². The second-order valence-electron chi connectivity index (χ2n) is 8.34. The lowest BCUT2D eigenvalue weighted by molar-refractivity contribution is 0.0370. The maximum Gasteiger partial charge on any atom is 0.139 e. The van der Waals surface area contributed by atoms with E-state index in [0.717, 1.165) is 55.8 Å². The molecule has 2 aromatic carbocycles. The number of fused-ring (bicyclic) bond motifs is 1. The van der Waals surface area contributed by atoms with E-state index < -0.39 is 0 Å². The number of ether oxygens (including phenoxy) is 1. The number of rotatable bonds is 4. The lowest BCUT2D eigenvalue weighted by Gasteiger charge is -2.43. The Labute approximate surface area is 182 Å². The molecule has 2 aliphatic rings. The topological polar surface area (TPSA) is 67.2 Å². The number of aromatic nitrogens is 2. The van der Waals surface area contributed by atoms with Gasteiger partial charge in [-0.1, -0.05) is 35.9 Å². The van der Waals surface area contributed by atoms with Gasteiger partial charge in [0.2, 0.25) is 0 Å². The summed E-state index contributed by atoms with van der Waals surface area (Å²) in [4.78, 5) is 2.54. The smallest absolute Gasteiger partial charge is 0.139 e. The molecule has 1 aromatic heterocycles. The Bertz CT molecular complexity index is 1010. The van der Waals surface area contributed by atoms with Crippen LogP contribution in [0.4, 0.5) is 0 Å². The van der Waals surface area contributed by atoms with Crippen LogP contribution in [0.15, 0.2) is 54.7 Å². The number of hydrogen-bond donors (Lipinski definition) is 2. The summed E-state index contributed by atoms with van der Waals surface area (Å²) < 4.78 is 6.80. The van der Waals surface area contributed by atoms with E-state index in [1.54, 1.807) is 0 Å². The molecule has 2 heterocycles. The Balaban J connectivity index is 1.53. The highest BCUT2D eigenvalue weighted by Crippen LogP contribution is 2.40. The molecule has 0 radical (unpaired) electrons. The average Bonchev–Trinajstić information content (AvgIpc) is 3.30. The summed E-state index contributed by atoms with van der Waals surface area (Å²) in [6.07, 6.45) is 6.14. The zero-order valence-electron chi connectivity index (χ0n) is 16.9. The van der Waals surface area contributed by atoms with E-state index in [2.05, 4.69) is 39.4 Å². The molecule has 0 saturated carbocycles. The highest BCUT2D eigenvalue weighted by Gasteiger charge is 2.37. The van der Waals surface area contributed by atoms with E-state index in [0.29, 0.717) is 11.1 Å². The third kappa shape index (κ3) is 3.85. The van der Waals surface area contributed by atoms with Crippen LogP contribution in [0.1, 0.15) is 36.5 Å². The molecule has 30 heavy (non-hydrogen) atoms. The maximum atomic E-state index is 6.80. The van der Waals surface area contributed by atoms with Crippen molar-refractivity contribution in [3.05, 3.63) is 70.9 Å². The summed E-state index contributed by atoms with van der Waals surface area (Å²) >= 11 is 6.31. The Morgan fingerprint density at radius 1 is 1.13 bits per heavy atom. The molecule has 6 heteroatoms. The minimum absolute atomic E-state index is 0.0564. The average molecular weight is 423 g/mol. The molecule has 1 saturated heterocycles. The monoisotopic (exact) mass is 422 g/mol. The van der Waals surface area contributed by atoms with Gasteiger partial charge in [0, 0.05) is 29.4 Å². The van der Waals surface area contributed by atoms with E-state index in [1.807, 2.05) is 30.5 Å². The van der Waals surface area contributed by atoms with Crippen LogP contribution >= 0.6 is 11.6 Å². The quantitative estimate of drug-likeness (QED) is 0.645. The number of halogens is 1. The Morgan fingerprint density at radius 3 is 2.87 bits per heavy atom. The molecule has 5 nitrogen and oxygen atoms in total. The maximum absolute atomic E-state index is 6.80. The number of likely N-dealkylation sites (tertiary alicyclic amines) is 1. The normalized spacial score (nSPS) is 24.4. The molecule has 3 atom stereocenters. The number of H-pyrrole nitrogens is 1. The Kier molecular flexibility index (Phi) is 5.50. The van der Waals surface area contributed by atoms with Crippen LogP contribution in [-0.4, -0.2) is 40.3 Å². The molecule has 5 rings (SSSR count). The van der Waals surface area contributed by atoms with Gasteiger partial charge in [-0.15, -0.1) is 0 Å². The summed E-state index contributed by atoms with van der Waals surface area (Å²) in [6.45, 7) is 2.01. The predicted octanol–water partition coefficient (Wildman–Crippen LogP) is 4.59. The predicted molar refractivity (Wildman–Crippen MR) is 120 cm³/mol. The first-order valence-corrected chi connectivity index (χ1v) is 11.1. The zero-order chi connectivity index (χ0) is 20.5. The summed E-state index contributed by atoms with van der Waals surface area (Å²) in [5.74, 6) is 0.805. The second-order valence-corrected chi connectivity index (χ2v) is 8.78. The van der Waals surface area contributed by atoms with Crippen LogP contribution in [-0.2, 0) is 6.42 Å². The van der Waals surface area contributed by atoms with Crippen LogP contribution in [0.3, 0.4) is 0 Å². The number of nitrogens with zero attached hydrogens (tertiary/aromatic N) is 2. The van der Waals surface area contributed by atoms with Crippen molar-refractivity contribution in [2.24, 2.45) is 5.73 Å². The number of aromatic amines is 1. The van der Waals surface area contributed by atoms with Crippen molar-refractivity contribution >= 4 is 11.6 Å². The van der Waals surface area contributed by atoms with Crippen LogP contribution in [0.2, 0.25) is 5.02 Å². The molecule has 1 fully saturated rings. The van der Waals surface area contributed by atoms with Gasteiger partial charge in [0.1, 0.15) is 11.9 Å². The number of piperidine rings is 1. The molecule has 3 N–H and O–H groups in total. The molecule has 3 aromatic rings. The van der Waals surface area contributed by atoms with Crippen LogP contribution < -0.4 is 10.5 Å². The summed E-state index contributed by atoms with van der Waals surface area (Å²) in [7, 11) is 0. The van der Waals surface area contributed by atoms with Crippen molar-refractivity contribution in [1.82, 2.24) is 15.1 Å². The Hall–Kier alpha value is -2.34. The lowest BCUT2D eigenvalue weighted by atomic mass is 9.84. The van der Waals surface area contributed by atoms with Gasteiger partial charge < -0.3 is 10.5 Å². The van der Waals surface area contributed by atoms with Crippen molar-refractivity contribution in [2.45, 2.75) is 43.9 Å². The molecule has 1 aliphatic carbocycles. The van der Waals surface area contributed by atoms with E-state index in [9.17, 15) is 0 Å². The highest BCUT2D eigenvalue weighted by atomic mass is 35.5. The summed E-state index contributed by atoms with van der Waals surface area (Å²) in [6, 6.07) is 16.9. The second kappa shape index (κ2) is 8.42. The Morgan fingerprint density at radius 2 is 2.03 bits per heavy atom. The van der Waals surface area contributed by atoms with Crippen molar-refractivity contribution in [1.29, 1.82) is 0 Å². The lowest BCUT2D eigenvalue weighted by Crippen LogP contribution is -2.51. The largest absolute Gasteiger partial charge is 0.483 e. The van der Waals surface area contributed by atoms with Gasteiger partial charge in [-0.25, -0.2) is 0 Å². The third-order valence-corrected chi connectivity index (χ3v) is 6.59. The van der Waals surface area contributed by atoms with Crippen molar-refractivity contribution < 1.29 is 4.74 Å². The minimum atomic E-state index is -0.0564. The number of nitrogens with one attached hydrogen (secondary N) is 1. The van der Waals surface area contributed by atoms with E-state index in [4.69, 9.17) is 22.1 Å². The molecule has 2 unspecified atom stereocenters. The fraction of sp³-hybridized carbons (Fsp3) is 0.375. The SMILES string of the molecule is N[C@@H]1CCCN(C2CCc3ccccc3C2Oc2ccc(Cl)cc2-c2cc[nH]n2)C1. The number of benzene rings is 2. The zero-order valence-corrected chi connectivity index (χ0v) is 17.7. The first-order valence-electron chi connectivity index (χ1n) is 10.7. The fourth-order valence-electron chi connectivity index (χ4n) is 4.91. The van der Waals surface area contributed by atoms with Crippen molar-refractivity contribution in [2.75, 3.05) is 13.1 Å². The molecule has 0 bridgehead atoms. The van der Waals surface area contributed by atoms with Gasteiger partial charge in [0.25, 0.3) is 0 Å². The summed E-state index contributed by atoms with van der Waals surface area (Å²) in [5, 5.41) is 7.91. The molecule has 156 valence electrons. The first kappa shape index (κ1) is 19.6. The van der Waals surface area contributed by atoms with Gasteiger partial charge in [-0.3, -0.25) is 10.00 Å². The number of aryl methyl sites for hydroxylation is 1. The molecule has 0 amide bonds. The molecule has 0 spiro atoms. The minimum Gasteiger partial charge on any atom is -0.483 e. The fourth-order valence-corrected chi connectivity index (χ4v) is 5.08. The standard InChI is InChI=1S/C24H27ClN4O/c25-17-8-10-23(20(14-17)21-11-12-27-28-21)30-24-19-6-2-1-4-16(19)7-9-22(24)29-13-3-5-18(26)15-29/h1-2,4,6,8,10-12,14,18,22,24H,3,5,7,9,13,15,26H2,(H,27,28)/t18-,22?,24?/m1/s1. The van der Waals surface area contributed by atoms with Gasteiger partial charge in [-0.05, 0) is 67.6 Å². The number of hydrogen-bond acceptors (Lipinski definition) is 4. The van der Waals surface area contributed by atoms with Gasteiger partial charge in [-0.2, -0.15) is 5.10 Å². The first-order chi connectivity index (χ1) is 14.7. The molecular formula is C24H27ClN4O. The van der Waals surface area contributed by atoms with Crippen LogP contribution in [0, 0.1) is 0 Å². The van der Waals surface area contributed by atoms with Crippen molar-refractivity contribution in [3.8, 4) is 17.0 Å².